The molecule has 2 heterocycles. The topological polar surface area (TPSA) is 41.0 Å². The Morgan fingerprint density at radius 3 is 2.74 bits per heavy atom. The lowest BCUT2D eigenvalue weighted by Crippen LogP contribution is -2.33. The zero-order valence-electron chi connectivity index (χ0n) is 13.3. The maximum absolute atomic E-state index is 12.6. The third-order valence-corrected chi connectivity index (χ3v) is 4.68. The van der Waals surface area contributed by atoms with Crippen LogP contribution in [-0.4, -0.2) is 27.5 Å². The second-order valence-corrected chi connectivity index (χ2v) is 6.28. The minimum atomic E-state index is -0.0142. The van der Waals surface area contributed by atoms with Crippen molar-refractivity contribution in [2.45, 2.75) is 25.9 Å². The van der Waals surface area contributed by atoms with Crippen molar-refractivity contribution in [3.63, 3.8) is 0 Å². The molecule has 4 heteroatoms. The predicted octanol–water partition coefficient (Wildman–Crippen LogP) is 3.14. The number of H-pyrrole nitrogens is 1. The molecule has 0 saturated heterocycles. The van der Waals surface area contributed by atoms with Gasteiger partial charge in [0.1, 0.15) is 0 Å². The van der Waals surface area contributed by atoms with Gasteiger partial charge >= 0.3 is 5.69 Å². The highest BCUT2D eigenvalue weighted by atomic mass is 16.1. The van der Waals surface area contributed by atoms with Crippen molar-refractivity contribution in [2.75, 3.05) is 13.1 Å². The summed E-state index contributed by atoms with van der Waals surface area (Å²) in [7, 11) is 0. The van der Waals surface area contributed by atoms with Crippen molar-refractivity contribution < 1.29 is 0 Å². The molecule has 0 bridgehead atoms. The minimum Gasteiger partial charge on any atom is -0.306 e. The first kappa shape index (κ1) is 14.3. The van der Waals surface area contributed by atoms with Crippen molar-refractivity contribution in [1.29, 1.82) is 0 Å². The fourth-order valence-corrected chi connectivity index (χ4v) is 3.73. The van der Waals surface area contributed by atoms with E-state index < -0.39 is 0 Å². The molecule has 1 N–H and O–H groups in total. The lowest BCUT2D eigenvalue weighted by molar-refractivity contribution is 0.246. The summed E-state index contributed by atoms with van der Waals surface area (Å²) in [5.74, 6) is 0. The molecule has 1 aliphatic heterocycles. The average molecular weight is 307 g/mol. The second-order valence-electron chi connectivity index (χ2n) is 6.28. The molecule has 1 aromatic heterocycles. The number of nitrogens with one attached hydrogen (secondary N) is 1. The molecule has 4 nitrogen and oxygen atoms in total. The Bertz CT molecular complexity index is 879. The van der Waals surface area contributed by atoms with Gasteiger partial charge in [-0.05, 0) is 30.2 Å². The summed E-state index contributed by atoms with van der Waals surface area (Å²) in [6.45, 7) is 5.00. The van der Waals surface area contributed by atoms with E-state index >= 15 is 0 Å². The quantitative estimate of drug-likeness (QED) is 0.807. The fourth-order valence-electron chi connectivity index (χ4n) is 3.73. The Kier molecular flexibility index (Phi) is 3.54. The lowest BCUT2D eigenvalue weighted by Gasteiger charge is -2.25. The smallest absolute Gasteiger partial charge is 0.306 e. The highest BCUT2D eigenvalue weighted by Gasteiger charge is 2.26. The molecule has 0 saturated carbocycles. The third kappa shape index (κ3) is 2.39. The van der Waals surface area contributed by atoms with Crippen molar-refractivity contribution in [1.82, 2.24) is 14.5 Å². The number of hydrogen-bond acceptors (Lipinski definition) is 2. The van der Waals surface area contributed by atoms with Gasteiger partial charge in [-0.3, -0.25) is 9.47 Å². The predicted molar refractivity (Wildman–Crippen MR) is 92.7 cm³/mol. The molecule has 0 radical (unpaired) electrons. The van der Waals surface area contributed by atoms with Crippen molar-refractivity contribution in [3.8, 4) is 0 Å². The Morgan fingerprint density at radius 2 is 1.96 bits per heavy atom. The van der Waals surface area contributed by atoms with Crippen LogP contribution in [0.2, 0.25) is 0 Å². The van der Waals surface area contributed by atoms with Gasteiger partial charge in [0.2, 0.25) is 0 Å². The summed E-state index contributed by atoms with van der Waals surface area (Å²) in [5, 5.41) is 0. The summed E-state index contributed by atoms with van der Waals surface area (Å²) in [6.07, 6.45) is 1.11. The standard InChI is InChI=1S/C19H21N3O/c1-2-11-21-12-15-9-6-10-16-18(15)22(19(23)20-16)17(13-21)14-7-4-3-5-8-14/h3-10,17H,2,11-13H2,1H3,(H,20,23). The van der Waals surface area contributed by atoms with Gasteiger partial charge in [-0.25, -0.2) is 4.79 Å². The number of aromatic nitrogens is 2. The number of rotatable bonds is 3. The molecule has 0 spiro atoms. The monoisotopic (exact) mass is 307 g/mol. The van der Waals surface area contributed by atoms with Gasteiger partial charge in [-0.1, -0.05) is 49.4 Å². The Hall–Kier alpha value is -2.33. The molecule has 0 aliphatic carbocycles. The summed E-state index contributed by atoms with van der Waals surface area (Å²) < 4.78 is 1.95. The normalized spacial score (nSPS) is 18.2. The maximum atomic E-state index is 12.6. The zero-order chi connectivity index (χ0) is 15.8. The molecule has 118 valence electrons. The van der Waals surface area contributed by atoms with Gasteiger partial charge < -0.3 is 4.98 Å². The molecule has 1 atom stereocenters. The fraction of sp³-hybridized carbons (Fsp3) is 0.316. The maximum Gasteiger partial charge on any atom is 0.327 e. The summed E-state index contributed by atoms with van der Waals surface area (Å²) in [4.78, 5) is 18.1. The van der Waals surface area contributed by atoms with E-state index in [4.69, 9.17) is 0 Å². The number of hydrogen-bond donors (Lipinski definition) is 1. The Morgan fingerprint density at radius 1 is 1.13 bits per heavy atom. The van der Waals surface area contributed by atoms with Gasteiger partial charge in [0.25, 0.3) is 0 Å². The van der Waals surface area contributed by atoms with Crippen molar-refractivity contribution in [2.24, 2.45) is 0 Å². The van der Waals surface area contributed by atoms with Crippen LogP contribution in [0.3, 0.4) is 0 Å². The van der Waals surface area contributed by atoms with E-state index in [1.165, 1.54) is 11.1 Å². The molecular formula is C19H21N3O. The number of para-hydroxylation sites is 1. The second kappa shape index (κ2) is 5.70. The van der Waals surface area contributed by atoms with Crippen LogP contribution in [0, 0.1) is 0 Å². The van der Waals surface area contributed by atoms with Gasteiger partial charge in [-0.15, -0.1) is 0 Å². The molecule has 2 aromatic carbocycles. The van der Waals surface area contributed by atoms with Crippen LogP contribution in [-0.2, 0) is 6.54 Å². The average Bonchev–Trinajstić information content (AvgIpc) is 2.80. The van der Waals surface area contributed by atoms with E-state index in [1.807, 2.05) is 34.9 Å². The van der Waals surface area contributed by atoms with Crippen molar-refractivity contribution >= 4 is 11.0 Å². The van der Waals surface area contributed by atoms with Crippen LogP contribution in [0.25, 0.3) is 11.0 Å². The number of imidazole rings is 1. The summed E-state index contributed by atoms with van der Waals surface area (Å²) >= 11 is 0. The van der Waals surface area contributed by atoms with Crippen LogP contribution in [0.4, 0.5) is 0 Å². The molecular weight excluding hydrogens is 286 g/mol. The van der Waals surface area contributed by atoms with E-state index in [1.54, 1.807) is 0 Å². The Labute approximate surface area is 135 Å². The SMILES string of the molecule is CCCN1Cc2cccc3[nH]c(=O)n(c23)C(c2ccccc2)C1. The zero-order valence-corrected chi connectivity index (χ0v) is 13.3. The largest absolute Gasteiger partial charge is 0.327 e. The lowest BCUT2D eigenvalue weighted by atomic mass is 10.1. The van der Waals surface area contributed by atoms with E-state index in [0.29, 0.717) is 0 Å². The van der Waals surface area contributed by atoms with Crippen LogP contribution < -0.4 is 5.69 Å². The molecule has 23 heavy (non-hydrogen) atoms. The molecule has 4 rings (SSSR count). The van der Waals surface area contributed by atoms with Gasteiger partial charge in [0.05, 0.1) is 17.1 Å². The molecule has 1 unspecified atom stereocenters. The molecule has 1 aliphatic rings. The first-order valence-corrected chi connectivity index (χ1v) is 8.27. The van der Waals surface area contributed by atoms with Crippen LogP contribution >= 0.6 is 0 Å². The van der Waals surface area contributed by atoms with Crippen LogP contribution in [0.15, 0.2) is 53.3 Å². The van der Waals surface area contributed by atoms with Gasteiger partial charge in [-0.2, -0.15) is 0 Å². The highest BCUT2D eigenvalue weighted by molar-refractivity contribution is 5.79. The number of nitrogens with zero attached hydrogens (tertiary/aromatic N) is 2. The first-order valence-electron chi connectivity index (χ1n) is 8.27. The summed E-state index contributed by atoms with van der Waals surface area (Å²) in [5.41, 5.74) is 4.40. The van der Waals surface area contributed by atoms with E-state index in [9.17, 15) is 4.79 Å². The van der Waals surface area contributed by atoms with Gasteiger partial charge in [0.15, 0.2) is 0 Å². The first-order chi connectivity index (χ1) is 11.3. The van der Waals surface area contributed by atoms with Crippen LogP contribution in [0.5, 0.6) is 0 Å². The van der Waals surface area contributed by atoms with Crippen molar-refractivity contribution in [3.05, 3.63) is 70.1 Å². The van der Waals surface area contributed by atoms with Gasteiger partial charge in [0, 0.05) is 13.1 Å². The summed E-state index contributed by atoms with van der Waals surface area (Å²) in [6, 6.07) is 16.6. The van der Waals surface area contributed by atoms with E-state index in [2.05, 4.69) is 35.0 Å². The highest BCUT2D eigenvalue weighted by Crippen LogP contribution is 2.29. The van der Waals surface area contributed by atoms with Crippen LogP contribution in [0.1, 0.15) is 30.5 Å². The molecule has 0 fully saturated rings. The molecule has 3 aromatic rings. The third-order valence-electron chi connectivity index (χ3n) is 4.68. The Balaban J connectivity index is 1.95. The van der Waals surface area contributed by atoms with E-state index in [0.717, 1.165) is 37.1 Å². The molecule has 0 amide bonds. The number of benzene rings is 2. The minimum absolute atomic E-state index is 0.0142. The van der Waals surface area contributed by atoms with E-state index in [-0.39, 0.29) is 11.7 Å². The number of aromatic amines is 1.